The minimum Gasteiger partial charge on any atom is -0.449 e. The Morgan fingerprint density at radius 3 is 2.67 bits per heavy atom. The number of hydrogen-bond acceptors (Lipinski definition) is 4. The largest absolute Gasteiger partial charge is 0.449 e. The van der Waals surface area contributed by atoms with Gasteiger partial charge in [-0.3, -0.25) is 4.79 Å². The van der Waals surface area contributed by atoms with Crippen molar-refractivity contribution in [1.82, 2.24) is 4.98 Å². The maximum Gasteiger partial charge on any atom is 0.331 e. The van der Waals surface area contributed by atoms with Gasteiger partial charge in [0.15, 0.2) is 6.10 Å². The molecule has 0 unspecified atom stereocenters. The summed E-state index contributed by atoms with van der Waals surface area (Å²) in [7, 11) is 0. The van der Waals surface area contributed by atoms with E-state index in [0.29, 0.717) is 15.9 Å². The molecule has 0 saturated carbocycles. The van der Waals surface area contributed by atoms with Crippen LogP contribution in [0.4, 0.5) is 5.82 Å². The quantitative estimate of drug-likeness (QED) is 0.643. The van der Waals surface area contributed by atoms with Crippen LogP contribution in [-0.2, 0) is 14.3 Å². The predicted octanol–water partition coefficient (Wildman–Crippen LogP) is 3.97. The van der Waals surface area contributed by atoms with E-state index < -0.39 is 18.0 Å². The summed E-state index contributed by atoms with van der Waals surface area (Å²) in [6.45, 7) is 1.47. The first-order valence-corrected chi connectivity index (χ1v) is 7.76. The number of carbonyl (C=O) groups excluding carboxylic acids is 2. The van der Waals surface area contributed by atoms with Crippen molar-refractivity contribution in [2.45, 2.75) is 13.0 Å². The Kier molecular flexibility index (Phi) is 6.35. The summed E-state index contributed by atoms with van der Waals surface area (Å²) in [6.07, 6.45) is 3.22. The molecule has 0 spiro atoms. The maximum atomic E-state index is 11.9. The normalized spacial score (nSPS) is 12.0. The minimum absolute atomic E-state index is 0.321. The van der Waals surface area contributed by atoms with E-state index in [0.717, 1.165) is 5.56 Å². The summed E-state index contributed by atoms with van der Waals surface area (Å²) in [4.78, 5) is 27.6. The molecule has 24 heavy (non-hydrogen) atoms. The summed E-state index contributed by atoms with van der Waals surface area (Å²) in [5.74, 6) is -0.808. The third-order valence-corrected chi connectivity index (χ3v) is 3.36. The Morgan fingerprint density at radius 1 is 1.21 bits per heavy atom. The number of halogens is 2. The Bertz CT molecular complexity index is 761. The number of nitrogens with zero attached hydrogens (tertiary/aromatic N) is 1. The molecule has 1 aromatic heterocycles. The lowest BCUT2D eigenvalue weighted by Crippen LogP contribution is -2.29. The maximum absolute atomic E-state index is 11.9. The first-order valence-electron chi connectivity index (χ1n) is 7.01. The van der Waals surface area contributed by atoms with E-state index in [1.54, 1.807) is 42.5 Å². The molecule has 124 valence electrons. The highest BCUT2D eigenvalue weighted by Crippen LogP contribution is 2.12. The van der Waals surface area contributed by atoms with Gasteiger partial charge in [0.05, 0.1) is 5.02 Å². The number of rotatable bonds is 5. The molecule has 0 saturated heterocycles. The van der Waals surface area contributed by atoms with Crippen molar-refractivity contribution in [3.63, 3.8) is 0 Å². The molecule has 7 heteroatoms. The average Bonchev–Trinajstić information content (AvgIpc) is 2.55. The molecule has 1 heterocycles. The van der Waals surface area contributed by atoms with Gasteiger partial charge in [-0.05, 0) is 42.8 Å². The number of esters is 1. The lowest BCUT2D eigenvalue weighted by Gasteiger charge is -2.11. The first kappa shape index (κ1) is 18.0. The van der Waals surface area contributed by atoms with E-state index in [9.17, 15) is 9.59 Å². The van der Waals surface area contributed by atoms with Crippen LogP contribution in [0, 0.1) is 0 Å². The third kappa shape index (κ3) is 5.68. The fraction of sp³-hybridized carbons (Fsp3) is 0.118. The van der Waals surface area contributed by atoms with E-state index in [-0.39, 0.29) is 0 Å². The number of pyridine rings is 1. The predicted molar refractivity (Wildman–Crippen MR) is 93.9 cm³/mol. The van der Waals surface area contributed by atoms with Crippen LogP contribution in [0.15, 0.2) is 48.7 Å². The van der Waals surface area contributed by atoms with E-state index >= 15 is 0 Å². The van der Waals surface area contributed by atoms with Crippen molar-refractivity contribution in [2.24, 2.45) is 0 Å². The summed E-state index contributed by atoms with van der Waals surface area (Å²) >= 11 is 11.6. The van der Waals surface area contributed by atoms with Crippen LogP contribution < -0.4 is 5.32 Å². The molecule has 0 fully saturated rings. The molecule has 0 aliphatic heterocycles. The van der Waals surface area contributed by atoms with E-state index in [1.165, 1.54) is 19.2 Å². The topological polar surface area (TPSA) is 68.3 Å². The van der Waals surface area contributed by atoms with Gasteiger partial charge in [0.2, 0.25) is 0 Å². The number of hydrogen-bond donors (Lipinski definition) is 1. The Morgan fingerprint density at radius 2 is 2.00 bits per heavy atom. The highest BCUT2D eigenvalue weighted by molar-refractivity contribution is 6.30. The zero-order chi connectivity index (χ0) is 17.5. The number of aromatic nitrogens is 1. The van der Waals surface area contributed by atoms with Gasteiger partial charge in [0.1, 0.15) is 5.82 Å². The van der Waals surface area contributed by atoms with Crippen molar-refractivity contribution < 1.29 is 14.3 Å². The van der Waals surface area contributed by atoms with Crippen LogP contribution in [0.1, 0.15) is 12.5 Å². The molecule has 0 aliphatic carbocycles. The number of carbonyl (C=O) groups is 2. The summed E-state index contributed by atoms with van der Waals surface area (Å²) in [5, 5.41) is 3.55. The van der Waals surface area contributed by atoms with Crippen LogP contribution in [0.5, 0.6) is 0 Å². The Hall–Kier alpha value is -2.37. The molecule has 2 rings (SSSR count). The highest BCUT2D eigenvalue weighted by Gasteiger charge is 2.17. The molecular formula is C17H14Cl2N2O3. The summed E-state index contributed by atoms with van der Waals surface area (Å²) in [6, 6.07) is 10.1. The summed E-state index contributed by atoms with van der Waals surface area (Å²) in [5.41, 5.74) is 0.752. The van der Waals surface area contributed by atoms with E-state index in [2.05, 4.69) is 10.3 Å². The smallest absolute Gasteiger partial charge is 0.331 e. The zero-order valence-electron chi connectivity index (χ0n) is 12.7. The van der Waals surface area contributed by atoms with Crippen molar-refractivity contribution in [3.05, 3.63) is 64.3 Å². The van der Waals surface area contributed by atoms with Gasteiger partial charge in [-0.1, -0.05) is 35.3 Å². The molecule has 1 amide bonds. The second-order valence-corrected chi connectivity index (χ2v) is 5.69. The number of benzene rings is 1. The number of anilines is 1. The third-order valence-electron chi connectivity index (χ3n) is 2.90. The summed E-state index contributed by atoms with van der Waals surface area (Å²) < 4.78 is 5.04. The highest BCUT2D eigenvalue weighted by atomic mass is 35.5. The van der Waals surface area contributed by atoms with Gasteiger partial charge < -0.3 is 10.1 Å². The van der Waals surface area contributed by atoms with E-state index in [4.69, 9.17) is 27.9 Å². The molecule has 5 nitrogen and oxygen atoms in total. The van der Waals surface area contributed by atoms with Gasteiger partial charge in [-0.25, -0.2) is 9.78 Å². The zero-order valence-corrected chi connectivity index (χ0v) is 14.2. The number of amides is 1. The van der Waals surface area contributed by atoms with Gasteiger partial charge in [0, 0.05) is 17.3 Å². The average molecular weight is 365 g/mol. The SMILES string of the molecule is C[C@@H](OC(=O)/C=C/c1cccc(Cl)c1)C(=O)Nc1ccc(Cl)cn1. The van der Waals surface area contributed by atoms with Crippen LogP contribution in [-0.4, -0.2) is 23.0 Å². The molecule has 1 N–H and O–H groups in total. The fourth-order valence-electron chi connectivity index (χ4n) is 1.72. The van der Waals surface area contributed by atoms with Crippen molar-refractivity contribution >= 4 is 47.0 Å². The Labute approximate surface area is 149 Å². The monoisotopic (exact) mass is 364 g/mol. The van der Waals surface area contributed by atoms with Gasteiger partial charge in [-0.2, -0.15) is 0 Å². The molecule has 2 aromatic rings. The Balaban J connectivity index is 1.88. The van der Waals surface area contributed by atoms with Gasteiger partial charge in [0.25, 0.3) is 5.91 Å². The second-order valence-electron chi connectivity index (χ2n) is 4.82. The lowest BCUT2D eigenvalue weighted by atomic mass is 10.2. The molecule has 0 bridgehead atoms. The molecule has 1 aromatic carbocycles. The number of ether oxygens (including phenoxy) is 1. The van der Waals surface area contributed by atoms with Crippen molar-refractivity contribution in [2.75, 3.05) is 5.32 Å². The van der Waals surface area contributed by atoms with Crippen molar-refractivity contribution in [3.8, 4) is 0 Å². The second kappa shape index (κ2) is 8.47. The van der Waals surface area contributed by atoms with Crippen molar-refractivity contribution in [1.29, 1.82) is 0 Å². The van der Waals surface area contributed by atoms with Gasteiger partial charge in [-0.15, -0.1) is 0 Å². The van der Waals surface area contributed by atoms with E-state index in [1.807, 2.05) is 0 Å². The van der Waals surface area contributed by atoms with Crippen LogP contribution >= 0.6 is 23.2 Å². The molecule has 0 aliphatic rings. The van der Waals surface area contributed by atoms with Gasteiger partial charge >= 0.3 is 5.97 Å². The standard InChI is InChI=1S/C17H14Cl2N2O3/c1-11(17(23)21-15-7-6-14(19)10-20-15)24-16(22)8-5-12-3-2-4-13(18)9-12/h2-11H,1H3,(H,20,21,23)/b8-5+/t11-/m1/s1. The minimum atomic E-state index is -0.973. The van der Waals surface area contributed by atoms with Crippen LogP contribution in [0.3, 0.4) is 0 Å². The lowest BCUT2D eigenvalue weighted by molar-refractivity contribution is -0.148. The fourth-order valence-corrected chi connectivity index (χ4v) is 2.03. The molecule has 0 radical (unpaired) electrons. The van der Waals surface area contributed by atoms with Crippen LogP contribution in [0.25, 0.3) is 6.08 Å². The number of nitrogens with one attached hydrogen (secondary N) is 1. The van der Waals surface area contributed by atoms with Crippen LogP contribution in [0.2, 0.25) is 10.0 Å². The first-order chi connectivity index (χ1) is 11.4. The molecular weight excluding hydrogens is 351 g/mol. The molecule has 1 atom stereocenters.